The topological polar surface area (TPSA) is 60.4 Å². The Hall–Kier alpha value is -0.790. The summed E-state index contributed by atoms with van der Waals surface area (Å²) in [6.45, 7) is 0. The number of carbonyl (C=O) groups is 1. The number of halogens is 3. The van der Waals surface area contributed by atoms with E-state index >= 15 is 0 Å². The van der Waals surface area contributed by atoms with Crippen molar-refractivity contribution in [1.29, 1.82) is 0 Å². The predicted molar refractivity (Wildman–Crippen MR) is 22.1 cm³/mol. The largest absolute Gasteiger partial charge is 0.401 e. The number of alkyl halides is 1. The van der Waals surface area contributed by atoms with Crippen molar-refractivity contribution in [2.75, 3.05) is 0 Å². The van der Waals surface area contributed by atoms with E-state index in [2.05, 4.69) is 4.94 Å². The molecule has 0 bridgehead atoms. The van der Waals surface area contributed by atoms with Crippen LogP contribution in [0.4, 0.5) is 12.8 Å². The van der Waals surface area contributed by atoms with Gasteiger partial charge >= 0.3 is 21.7 Å². The second-order valence-electron chi connectivity index (χ2n) is 1.19. The van der Waals surface area contributed by atoms with Crippen LogP contribution in [0.1, 0.15) is 0 Å². The van der Waals surface area contributed by atoms with Crippen molar-refractivity contribution < 1.29 is 31.0 Å². The Morgan fingerprint density at radius 3 is 2.00 bits per heavy atom. The molecule has 0 aliphatic heterocycles. The van der Waals surface area contributed by atoms with Crippen LogP contribution in [0, 0.1) is 0 Å². The molecule has 0 fully saturated rings. The molecule has 10 heavy (non-hydrogen) atoms. The quantitative estimate of drug-likeness (QED) is 0.559. The summed E-state index contributed by atoms with van der Waals surface area (Å²) < 4.78 is 52.5. The molecule has 0 aromatic carbocycles. The van der Waals surface area contributed by atoms with Crippen molar-refractivity contribution in [3.05, 3.63) is 0 Å². The maximum Gasteiger partial charge on any atom is 0.401 e. The Kier molecular flexibility index (Phi) is 2.64. The maximum atomic E-state index is 11.6. The van der Waals surface area contributed by atoms with Gasteiger partial charge in [-0.2, -0.15) is 8.42 Å². The highest BCUT2D eigenvalue weighted by Gasteiger charge is 2.34. The van der Waals surface area contributed by atoms with Crippen molar-refractivity contribution in [3.63, 3.8) is 0 Å². The summed E-state index contributed by atoms with van der Waals surface area (Å²) in [5, 5.41) is 0. The molecule has 1 atom stereocenters. The summed E-state index contributed by atoms with van der Waals surface area (Å²) in [5.74, 6) is -2.43. The molecule has 0 aromatic rings. The highest BCUT2D eigenvalue weighted by Crippen LogP contribution is 2.06. The van der Waals surface area contributed by atoms with E-state index in [9.17, 15) is 26.0 Å². The van der Waals surface area contributed by atoms with Gasteiger partial charge in [0.1, 0.15) is 0 Å². The minimum absolute atomic E-state index is 2.11. The zero-order valence-electron chi connectivity index (χ0n) is 4.25. The van der Waals surface area contributed by atoms with Gasteiger partial charge in [0.2, 0.25) is 0 Å². The molecule has 0 amide bonds. The number of hydrogen-bond donors (Lipinski definition) is 0. The Balaban J connectivity index is 4.39. The molecule has 0 radical (unpaired) electrons. The molecule has 8 heteroatoms. The first-order valence-electron chi connectivity index (χ1n) is 1.79. The first-order valence-corrected chi connectivity index (χ1v) is 3.24. The van der Waals surface area contributed by atoms with Crippen LogP contribution in [0.5, 0.6) is 0 Å². The molecular formula is C2HF3O4S. The van der Waals surface area contributed by atoms with E-state index in [-0.39, 0.29) is 0 Å². The lowest BCUT2D eigenvalue weighted by molar-refractivity contribution is -0.186. The van der Waals surface area contributed by atoms with E-state index in [0.29, 0.717) is 0 Å². The Morgan fingerprint density at radius 1 is 1.50 bits per heavy atom. The van der Waals surface area contributed by atoms with E-state index in [1.54, 1.807) is 0 Å². The highest BCUT2D eigenvalue weighted by molar-refractivity contribution is 7.87. The second kappa shape index (κ2) is 2.86. The molecule has 0 rings (SSSR count). The first kappa shape index (κ1) is 9.21. The average molecular weight is 178 g/mol. The zero-order valence-corrected chi connectivity index (χ0v) is 5.07. The van der Waals surface area contributed by atoms with Gasteiger partial charge in [-0.1, -0.05) is 0 Å². The summed E-state index contributed by atoms with van der Waals surface area (Å²) in [6, 6.07) is 0. The van der Waals surface area contributed by atoms with Crippen LogP contribution in [0.2, 0.25) is 0 Å². The summed E-state index contributed by atoms with van der Waals surface area (Å²) in [6.07, 6.45) is 0. The van der Waals surface area contributed by atoms with Gasteiger partial charge in [-0.25, -0.2) is 9.18 Å². The minimum Gasteiger partial charge on any atom is -0.250 e. The van der Waals surface area contributed by atoms with Crippen LogP contribution < -0.4 is 0 Å². The lowest BCUT2D eigenvalue weighted by Crippen LogP contribution is -2.22. The van der Waals surface area contributed by atoms with E-state index in [0.717, 1.165) is 0 Å². The van der Waals surface area contributed by atoms with E-state index < -0.39 is 21.7 Å². The monoisotopic (exact) mass is 178 g/mol. The van der Waals surface area contributed by atoms with Gasteiger partial charge in [-0.05, 0) is 0 Å². The fraction of sp³-hybridized carbons (Fsp3) is 0.500. The number of carbonyl (C=O) groups excluding carboxylic acids is 1. The summed E-state index contributed by atoms with van der Waals surface area (Å²) in [7, 11) is -5.70. The third kappa shape index (κ3) is 2.21. The third-order valence-corrected chi connectivity index (χ3v) is 1.20. The van der Waals surface area contributed by atoms with E-state index in [1.165, 1.54) is 0 Å². The minimum atomic E-state index is -5.70. The average Bonchev–Trinajstić information content (AvgIpc) is 1.83. The van der Waals surface area contributed by atoms with Crippen LogP contribution in [-0.4, -0.2) is 19.9 Å². The van der Waals surface area contributed by atoms with Gasteiger partial charge in [-0.3, -0.25) is 4.94 Å². The van der Waals surface area contributed by atoms with Crippen molar-refractivity contribution in [3.8, 4) is 0 Å². The first-order chi connectivity index (χ1) is 4.39. The Labute approximate surface area is 53.7 Å². The lowest BCUT2D eigenvalue weighted by atomic mass is 10.8. The molecule has 0 N–H and O–H groups in total. The fourth-order valence-corrected chi connectivity index (χ4v) is 0.416. The van der Waals surface area contributed by atoms with Crippen LogP contribution >= 0.6 is 0 Å². The van der Waals surface area contributed by atoms with Gasteiger partial charge in [0, 0.05) is 4.53 Å². The molecule has 1 unspecified atom stereocenters. The van der Waals surface area contributed by atoms with Gasteiger partial charge in [-0.15, -0.1) is 3.89 Å². The predicted octanol–water partition coefficient (Wildman–Crippen LogP) is 0.00900. The molecular weight excluding hydrogens is 177 g/mol. The van der Waals surface area contributed by atoms with Gasteiger partial charge in [0.05, 0.1) is 0 Å². The summed E-state index contributed by atoms with van der Waals surface area (Å²) >= 11 is 0. The SMILES string of the molecule is O=C(OF)C(F)S(=O)(=O)F. The van der Waals surface area contributed by atoms with Crippen LogP contribution in [0.3, 0.4) is 0 Å². The molecule has 0 aliphatic rings. The van der Waals surface area contributed by atoms with E-state index in [4.69, 9.17) is 0 Å². The molecule has 60 valence electrons. The van der Waals surface area contributed by atoms with Crippen LogP contribution in [-0.2, 0) is 20.0 Å². The van der Waals surface area contributed by atoms with Crippen molar-refractivity contribution in [1.82, 2.24) is 0 Å². The van der Waals surface area contributed by atoms with Crippen LogP contribution in [0.25, 0.3) is 0 Å². The zero-order chi connectivity index (χ0) is 8.36. The maximum absolute atomic E-state index is 11.6. The number of rotatable bonds is 2. The molecule has 0 saturated carbocycles. The third-order valence-electron chi connectivity index (χ3n) is 0.509. The summed E-state index contributed by atoms with van der Waals surface area (Å²) in [4.78, 5) is 11.7. The molecule has 0 saturated heterocycles. The second-order valence-corrected chi connectivity index (χ2v) is 2.55. The Bertz CT molecular complexity index is 221. The van der Waals surface area contributed by atoms with Crippen molar-refractivity contribution in [2.45, 2.75) is 5.50 Å². The van der Waals surface area contributed by atoms with Gasteiger partial charge in [0.25, 0.3) is 0 Å². The van der Waals surface area contributed by atoms with Crippen molar-refractivity contribution in [2.24, 2.45) is 0 Å². The van der Waals surface area contributed by atoms with Crippen molar-refractivity contribution >= 4 is 16.2 Å². The lowest BCUT2D eigenvalue weighted by Gasteiger charge is -1.94. The molecule has 0 spiro atoms. The van der Waals surface area contributed by atoms with Gasteiger partial charge in [0.15, 0.2) is 0 Å². The highest BCUT2D eigenvalue weighted by atomic mass is 32.3. The van der Waals surface area contributed by atoms with E-state index in [1.807, 2.05) is 0 Å². The molecule has 4 nitrogen and oxygen atoms in total. The number of hydrogen-bond acceptors (Lipinski definition) is 4. The normalized spacial score (nSPS) is 14.3. The molecule has 0 heterocycles. The molecule has 0 aromatic heterocycles. The van der Waals surface area contributed by atoms with Crippen LogP contribution in [0.15, 0.2) is 0 Å². The fourth-order valence-electron chi connectivity index (χ4n) is 0.150. The smallest absolute Gasteiger partial charge is 0.250 e. The van der Waals surface area contributed by atoms with Gasteiger partial charge < -0.3 is 0 Å². The summed E-state index contributed by atoms with van der Waals surface area (Å²) in [5.41, 5.74) is -3.60. The standard InChI is InChI=1S/C2HF3O4S/c3-1(2(6)9-4)10(5,7)8/h1H. The molecule has 0 aliphatic carbocycles. The Morgan fingerprint density at radius 2 is 1.90 bits per heavy atom.